The fraction of sp³-hybridized carbons (Fsp3) is 0.226. The van der Waals surface area contributed by atoms with Gasteiger partial charge in [0.05, 0.1) is 11.3 Å². The Morgan fingerprint density at radius 1 is 0.493 bits per heavy atom. The Hall–Kier alpha value is -7.24. The van der Waals surface area contributed by atoms with Crippen molar-refractivity contribution >= 4 is 33.0 Å². The number of hydrogen-bond donors (Lipinski definition) is 1. The number of aromatic nitrogens is 2. The average molecular weight is 879 g/mol. The number of aromatic hydroxyl groups is 1. The number of pyridine rings is 1. The van der Waals surface area contributed by atoms with Gasteiger partial charge in [-0.05, 0) is 115 Å². The lowest BCUT2D eigenvalue weighted by Crippen LogP contribution is -2.12. The van der Waals surface area contributed by atoms with Gasteiger partial charge in [0.1, 0.15) is 22.4 Å². The number of phenols is 1. The topological polar surface area (TPSA) is 72.3 Å². The molecule has 67 heavy (non-hydrogen) atoms. The molecule has 1 N–H and O–H groups in total. The molecule has 5 nitrogen and oxygen atoms in total. The van der Waals surface area contributed by atoms with Crippen LogP contribution in [0.1, 0.15) is 103 Å². The van der Waals surface area contributed by atoms with Crippen molar-refractivity contribution in [1.82, 2.24) is 9.97 Å². The van der Waals surface area contributed by atoms with Gasteiger partial charge < -0.3 is 13.9 Å². The Labute approximate surface area is 394 Å². The van der Waals surface area contributed by atoms with Gasteiger partial charge in [0, 0.05) is 39.2 Å². The highest BCUT2D eigenvalue weighted by Gasteiger charge is 2.31. The van der Waals surface area contributed by atoms with Crippen molar-refractivity contribution in [3.8, 4) is 73.0 Å². The van der Waals surface area contributed by atoms with E-state index in [0.29, 0.717) is 28.2 Å². The van der Waals surface area contributed by atoms with Crippen molar-refractivity contribution in [2.45, 2.75) is 91.9 Å². The van der Waals surface area contributed by atoms with Crippen LogP contribution in [0.25, 0.3) is 100 Å². The molecule has 0 atom stereocenters. The van der Waals surface area contributed by atoms with Crippen LogP contribution in [0, 0.1) is 0 Å². The van der Waals surface area contributed by atoms with E-state index in [-0.39, 0.29) is 23.0 Å². The molecule has 0 saturated carbocycles. The largest absolute Gasteiger partial charge is 0.507 e. The minimum Gasteiger partial charge on any atom is -0.507 e. The van der Waals surface area contributed by atoms with Gasteiger partial charge in [0.2, 0.25) is 5.89 Å². The molecule has 0 saturated heterocycles. The van der Waals surface area contributed by atoms with Gasteiger partial charge in [0.25, 0.3) is 0 Å². The zero-order valence-corrected chi connectivity index (χ0v) is 40.2. The standard InChI is InChI=1S/C62H58N2O3/c1-36(2)48-32-41(39-21-15-12-16-22-39)33-49(37(3)4)54(48)47-26-25-45(42-29-43(31-44(30-42)61(5,6)7)52-34-40(27-28-63-52)38-19-13-11-14-20-38)56-59(47)67-60(64-56)51-35-50-46-23-17-18-24-53(46)66-58(50)55(57(51)65)62(8,9)10/h11-37,65H,1-10H3. The lowest BCUT2D eigenvalue weighted by atomic mass is 9.81. The predicted molar refractivity (Wildman–Crippen MR) is 279 cm³/mol. The summed E-state index contributed by atoms with van der Waals surface area (Å²) >= 11 is 0. The molecule has 0 bridgehead atoms. The number of oxazole rings is 1. The molecule has 3 aromatic heterocycles. The third-order valence-electron chi connectivity index (χ3n) is 13.3. The van der Waals surface area contributed by atoms with Crippen molar-refractivity contribution < 1.29 is 13.9 Å². The first-order valence-corrected chi connectivity index (χ1v) is 23.6. The first-order valence-electron chi connectivity index (χ1n) is 23.6. The summed E-state index contributed by atoms with van der Waals surface area (Å²) < 4.78 is 13.7. The molecule has 0 spiro atoms. The molecule has 3 heterocycles. The molecule has 10 aromatic rings. The number of nitrogens with zero attached hydrogens (tertiary/aromatic N) is 2. The maximum atomic E-state index is 12.5. The molecule has 0 unspecified atom stereocenters. The third kappa shape index (κ3) is 7.90. The number of benzene rings is 7. The van der Waals surface area contributed by atoms with E-state index in [0.717, 1.165) is 66.5 Å². The maximum absolute atomic E-state index is 12.5. The minimum atomic E-state index is -0.469. The van der Waals surface area contributed by atoms with Gasteiger partial charge in [-0.2, -0.15) is 0 Å². The molecule has 0 radical (unpaired) electrons. The summed E-state index contributed by atoms with van der Waals surface area (Å²) in [7, 11) is 0. The molecule has 0 aliphatic carbocycles. The molecule has 7 aromatic carbocycles. The average Bonchev–Trinajstić information content (AvgIpc) is 3.92. The second-order valence-corrected chi connectivity index (χ2v) is 20.8. The molecule has 0 fully saturated rings. The Kier molecular flexibility index (Phi) is 10.8. The summed E-state index contributed by atoms with van der Waals surface area (Å²) in [6.07, 6.45) is 1.90. The van der Waals surface area contributed by atoms with Crippen LogP contribution in [-0.2, 0) is 10.8 Å². The quantitative estimate of drug-likeness (QED) is 0.165. The summed E-state index contributed by atoms with van der Waals surface area (Å²) in [6.45, 7) is 22.1. The smallest absolute Gasteiger partial charge is 0.231 e. The first kappa shape index (κ1) is 43.6. The fourth-order valence-electron chi connectivity index (χ4n) is 9.73. The minimum absolute atomic E-state index is 0.105. The number of phenolic OH excluding ortho intramolecular Hbond substituents is 1. The van der Waals surface area contributed by atoms with E-state index in [1.54, 1.807) is 0 Å². The van der Waals surface area contributed by atoms with Gasteiger partial charge in [-0.15, -0.1) is 0 Å². The second kappa shape index (κ2) is 16.6. The van der Waals surface area contributed by atoms with Gasteiger partial charge in [-0.1, -0.05) is 172 Å². The Morgan fingerprint density at radius 3 is 1.75 bits per heavy atom. The molecule has 0 amide bonds. The number of fused-ring (bicyclic) bond motifs is 4. The van der Waals surface area contributed by atoms with E-state index < -0.39 is 5.41 Å². The van der Waals surface area contributed by atoms with Crippen LogP contribution < -0.4 is 0 Å². The zero-order chi connectivity index (χ0) is 46.9. The highest BCUT2D eigenvalue weighted by Crippen LogP contribution is 2.50. The van der Waals surface area contributed by atoms with Crippen molar-refractivity contribution in [1.29, 1.82) is 0 Å². The van der Waals surface area contributed by atoms with Crippen LogP contribution in [0.2, 0.25) is 0 Å². The summed E-state index contributed by atoms with van der Waals surface area (Å²) in [4.78, 5) is 10.4. The predicted octanol–water partition coefficient (Wildman–Crippen LogP) is 17.7. The Balaban J connectivity index is 1.28. The van der Waals surface area contributed by atoms with Crippen molar-refractivity contribution in [2.75, 3.05) is 0 Å². The first-order chi connectivity index (χ1) is 32.0. The van der Waals surface area contributed by atoms with Crippen LogP contribution in [0.3, 0.4) is 0 Å². The normalized spacial score (nSPS) is 12.4. The number of hydrogen-bond acceptors (Lipinski definition) is 5. The van der Waals surface area contributed by atoms with Crippen LogP contribution >= 0.6 is 0 Å². The number of para-hydroxylation sites is 1. The van der Waals surface area contributed by atoms with Gasteiger partial charge in [-0.3, -0.25) is 4.98 Å². The van der Waals surface area contributed by atoms with Crippen molar-refractivity contribution in [3.63, 3.8) is 0 Å². The molecule has 10 rings (SSSR count). The summed E-state index contributed by atoms with van der Waals surface area (Å²) in [5.41, 5.74) is 17.7. The van der Waals surface area contributed by atoms with Crippen molar-refractivity contribution in [2.24, 2.45) is 0 Å². The third-order valence-corrected chi connectivity index (χ3v) is 13.3. The number of furan rings is 1. The lowest BCUT2D eigenvalue weighted by Gasteiger charge is -2.23. The molecular weight excluding hydrogens is 821 g/mol. The maximum Gasteiger partial charge on any atom is 0.231 e. The second-order valence-electron chi connectivity index (χ2n) is 20.8. The fourth-order valence-corrected chi connectivity index (χ4v) is 9.73. The van der Waals surface area contributed by atoms with Gasteiger partial charge in [-0.25, -0.2) is 4.98 Å². The highest BCUT2D eigenvalue weighted by molar-refractivity contribution is 6.09. The Morgan fingerprint density at radius 2 is 1.10 bits per heavy atom. The van der Waals surface area contributed by atoms with E-state index in [9.17, 15) is 5.11 Å². The monoisotopic (exact) mass is 878 g/mol. The van der Waals surface area contributed by atoms with Crippen LogP contribution in [0.15, 0.2) is 161 Å². The highest BCUT2D eigenvalue weighted by atomic mass is 16.4. The van der Waals surface area contributed by atoms with Crippen molar-refractivity contribution in [3.05, 3.63) is 174 Å². The van der Waals surface area contributed by atoms with Gasteiger partial charge in [0.15, 0.2) is 5.58 Å². The van der Waals surface area contributed by atoms with E-state index in [1.165, 1.54) is 27.8 Å². The van der Waals surface area contributed by atoms with Crippen LogP contribution in [0.5, 0.6) is 5.75 Å². The van der Waals surface area contributed by atoms with E-state index in [2.05, 4.69) is 184 Å². The molecule has 0 aliphatic rings. The van der Waals surface area contributed by atoms with E-state index in [1.807, 2.05) is 36.5 Å². The van der Waals surface area contributed by atoms with Crippen LogP contribution in [-0.4, -0.2) is 15.1 Å². The SMILES string of the molecule is CC(C)c1cc(-c2ccccc2)cc(C(C)C)c1-c1ccc(-c2cc(-c3cc(-c4ccccc4)ccn3)cc(C(C)(C)C)c2)c2nc(-c3cc4c(oc5ccccc54)c(C(C)(C)C)c3O)oc12. The molecule has 5 heteroatoms. The molecular formula is C62H58N2O3. The van der Waals surface area contributed by atoms with Crippen LogP contribution in [0.4, 0.5) is 0 Å². The summed E-state index contributed by atoms with van der Waals surface area (Å²) in [5.74, 6) is 0.858. The molecule has 334 valence electrons. The summed E-state index contributed by atoms with van der Waals surface area (Å²) in [5, 5.41) is 14.4. The van der Waals surface area contributed by atoms with Gasteiger partial charge >= 0.3 is 0 Å². The lowest BCUT2D eigenvalue weighted by molar-refractivity contribution is 0.445. The Bertz CT molecular complexity index is 3460. The zero-order valence-electron chi connectivity index (χ0n) is 40.2. The summed E-state index contributed by atoms with van der Waals surface area (Å²) in [6, 6.07) is 51.3. The molecule has 0 aliphatic heterocycles. The number of rotatable bonds is 8. The van der Waals surface area contributed by atoms with E-state index in [4.69, 9.17) is 18.8 Å². The van der Waals surface area contributed by atoms with E-state index >= 15 is 0 Å².